The maximum absolute atomic E-state index is 9.06. The van der Waals surface area contributed by atoms with Crippen LogP contribution in [0.15, 0.2) is 36.8 Å². The van der Waals surface area contributed by atoms with E-state index in [1.165, 1.54) is 0 Å². The maximum Gasteiger partial charge on any atom is 0.101 e. The van der Waals surface area contributed by atoms with Crippen LogP contribution in [0.1, 0.15) is 11.3 Å². The number of nitriles is 1. The van der Waals surface area contributed by atoms with Crippen molar-refractivity contribution in [3.8, 4) is 6.07 Å². The van der Waals surface area contributed by atoms with Crippen molar-refractivity contribution in [3.63, 3.8) is 0 Å². The van der Waals surface area contributed by atoms with Gasteiger partial charge in [0.25, 0.3) is 0 Å². The van der Waals surface area contributed by atoms with Crippen molar-refractivity contribution in [1.29, 1.82) is 5.26 Å². The van der Waals surface area contributed by atoms with E-state index < -0.39 is 0 Å². The van der Waals surface area contributed by atoms with Gasteiger partial charge in [-0.1, -0.05) is 6.07 Å². The molecule has 78 valence electrons. The van der Waals surface area contributed by atoms with Gasteiger partial charge in [-0.15, -0.1) is 0 Å². The van der Waals surface area contributed by atoms with Crippen LogP contribution >= 0.6 is 0 Å². The number of pyridine rings is 1. The standard InChI is InChI=1S/C12H10N4/c1-16-9-10(8-15-16)6-11(7-13)12-4-2-3-5-14-12/h2-6,8-9H,1H3. The lowest BCUT2D eigenvalue weighted by Crippen LogP contribution is -1.85. The van der Waals surface area contributed by atoms with Crippen LogP contribution in [0.5, 0.6) is 0 Å². The molecule has 0 saturated carbocycles. The highest BCUT2D eigenvalue weighted by Crippen LogP contribution is 2.14. The minimum absolute atomic E-state index is 0.536. The normalized spacial score (nSPS) is 11.1. The predicted octanol–water partition coefficient (Wildman–Crippen LogP) is 1.88. The van der Waals surface area contributed by atoms with Crippen LogP contribution in [0.2, 0.25) is 0 Å². The van der Waals surface area contributed by atoms with Gasteiger partial charge in [-0.05, 0) is 18.2 Å². The molecule has 2 rings (SSSR count). The van der Waals surface area contributed by atoms with Gasteiger partial charge in [0.15, 0.2) is 0 Å². The zero-order chi connectivity index (χ0) is 11.4. The van der Waals surface area contributed by atoms with Crippen molar-refractivity contribution >= 4 is 11.6 Å². The number of nitrogens with zero attached hydrogens (tertiary/aromatic N) is 4. The number of aryl methyl sites for hydroxylation is 1. The minimum Gasteiger partial charge on any atom is -0.275 e. The molecule has 2 aromatic rings. The van der Waals surface area contributed by atoms with E-state index in [-0.39, 0.29) is 0 Å². The van der Waals surface area contributed by atoms with Crippen LogP contribution in [-0.4, -0.2) is 14.8 Å². The monoisotopic (exact) mass is 210 g/mol. The number of hydrogen-bond donors (Lipinski definition) is 0. The molecule has 0 aliphatic carbocycles. The Morgan fingerprint density at radius 3 is 2.94 bits per heavy atom. The van der Waals surface area contributed by atoms with Gasteiger partial charge in [-0.2, -0.15) is 10.4 Å². The van der Waals surface area contributed by atoms with Gasteiger partial charge < -0.3 is 0 Å². The number of allylic oxidation sites excluding steroid dienone is 1. The third-order valence-electron chi connectivity index (χ3n) is 2.10. The van der Waals surface area contributed by atoms with Crippen LogP contribution in [0, 0.1) is 11.3 Å². The Labute approximate surface area is 93.5 Å². The molecule has 0 saturated heterocycles. The molecule has 2 aromatic heterocycles. The molecule has 0 unspecified atom stereocenters. The summed E-state index contributed by atoms with van der Waals surface area (Å²) in [5, 5.41) is 13.1. The largest absolute Gasteiger partial charge is 0.275 e. The van der Waals surface area contributed by atoms with E-state index in [0.29, 0.717) is 11.3 Å². The van der Waals surface area contributed by atoms with E-state index in [1.807, 2.05) is 31.4 Å². The van der Waals surface area contributed by atoms with Crippen LogP contribution in [-0.2, 0) is 7.05 Å². The summed E-state index contributed by atoms with van der Waals surface area (Å²) in [5.74, 6) is 0. The molecule has 0 radical (unpaired) electrons. The molecule has 0 N–H and O–H groups in total. The predicted molar refractivity (Wildman–Crippen MR) is 60.9 cm³/mol. The Balaban J connectivity index is 2.38. The fourth-order valence-electron chi connectivity index (χ4n) is 1.37. The Morgan fingerprint density at radius 1 is 1.50 bits per heavy atom. The smallest absolute Gasteiger partial charge is 0.101 e. The summed E-state index contributed by atoms with van der Waals surface area (Å²) in [6.45, 7) is 0. The Morgan fingerprint density at radius 2 is 2.38 bits per heavy atom. The second-order valence-electron chi connectivity index (χ2n) is 3.33. The molecule has 2 heterocycles. The lowest BCUT2D eigenvalue weighted by atomic mass is 10.1. The van der Waals surface area contributed by atoms with E-state index in [9.17, 15) is 0 Å². The summed E-state index contributed by atoms with van der Waals surface area (Å²) in [6.07, 6.45) is 7.00. The molecule has 4 nitrogen and oxygen atoms in total. The Hall–Kier alpha value is -2.41. The minimum atomic E-state index is 0.536. The first kappa shape index (κ1) is 10.1. The van der Waals surface area contributed by atoms with Gasteiger partial charge in [-0.3, -0.25) is 9.67 Å². The first-order chi connectivity index (χ1) is 7.79. The molecule has 0 aliphatic rings. The average molecular weight is 210 g/mol. The van der Waals surface area contributed by atoms with Crippen LogP contribution < -0.4 is 0 Å². The molecule has 0 aliphatic heterocycles. The van der Waals surface area contributed by atoms with Gasteiger partial charge in [0.05, 0.1) is 17.5 Å². The number of rotatable bonds is 2. The third-order valence-corrected chi connectivity index (χ3v) is 2.10. The molecule has 16 heavy (non-hydrogen) atoms. The molecular formula is C12H10N4. The molecule has 4 heteroatoms. The molecular weight excluding hydrogens is 200 g/mol. The first-order valence-corrected chi connectivity index (χ1v) is 4.81. The average Bonchev–Trinajstić information content (AvgIpc) is 2.73. The Kier molecular flexibility index (Phi) is 2.79. The van der Waals surface area contributed by atoms with Gasteiger partial charge in [-0.25, -0.2) is 0 Å². The molecule has 0 spiro atoms. The summed E-state index contributed by atoms with van der Waals surface area (Å²) >= 11 is 0. The summed E-state index contributed by atoms with van der Waals surface area (Å²) in [5.41, 5.74) is 2.10. The van der Waals surface area contributed by atoms with Crippen molar-refractivity contribution in [1.82, 2.24) is 14.8 Å². The van der Waals surface area contributed by atoms with Crippen LogP contribution in [0.4, 0.5) is 0 Å². The lowest BCUT2D eigenvalue weighted by molar-refractivity contribution is 0.767. The van der Waals surface area contributed by atoms with Crippen LogP contribution in [0.25, 0.3) is 11.6 Å². The van der Waals surface area contributed by atoms with E-state index in [2.05, 4.69) is 16.2 Å². The van der Waals surface area contributed by atoms with E-state index >= 15 is 0 Å². The molecule has 0 atom stereocenters. The molecule has 0 aromatic carbocycles. The second kappa shape index (κ2) is 4.41. The Bertz CT molecular complexity index is 546. The van der Waals surface area contributed by atoms with E-state index in [1.54, 1.807) is 23.2 Å². The van der Waals surface area contributed by atoms with Crippen molar-refractivity contribution in [2.24, 2.45) is 7.05 Å². The third kappa shape index (κ3) is 2.15. The first-order valence-electron chi connectivity index (χ1n) is 4.81. The molecule has 0 amide bonds. The fraction of sp³-hybridized carbons (Fsp3) is 0.0833. The zero-order valence-corrected chi connectivity index (χ0v) is 8.83. The van der Waals surface area contributed by atoms with Crippen molar-refractivity contribution < 1.29 is 0 Å². The van der Waals surface area contributed by atoms with Crippen LogP contribution in [0.3, 0.4) is 0 Å². The van der Waals surface area contributed by atoms with Crippen molar-refractivity contribution in [2.45, 2.75) is 0 Å². The number of hydrogen-bond acceptors (Lipinski definition) is 3. The maximum atomic E-state index is 9.06. The zero-order valence-electron chi connectivity index (χ0n) is 8.83. The summed E-state index contributed by atoms with van der Waals surface area (Å²) in [4.78, 5) is 4.13. The highest BCUT2D eigenvalue weighted by atomic mass is 15.2. The second-order valence-corrected chi connectivity index (χ2v) is 3.33. The van der Waals surface area contributed by atoms with E-state index in [4.69, 9.17) is 5.26 Å². The van der Waals surface area contributed by atoms with Gasteiger partial charge in [0, 0.05) is 25.0 Å². The quantitative estimate of drug-likeness (QED) is 0.711. The highest BCUT2D eigenvalue weighted by Gasteiger charge is 2.02. The summed E-state index contributed by atoms with van der Waals surface area (Å²) in [6, 6.07) is 7.63. The van der Waals surface area contributed by atoms with Gasteiger partial charge in [0.1, 0.15) is 6.07 Å². The molecule has 0 fully saturated rings. The van der Waals surface area contributed by atoms with Crippen molar-refractivity contribution in [2.75, 3.05) is 0 Å². The van der Waals surface area contributed by atoms with Gasteiger partial charge >= 0.3 is 0 Å². The lowest BCUT2D eigenvalue weighted by Gasteiger charge is -1.95. The van der Waals surface area contributed by atoms with Crippen molar-refractivity contribution in [3.05, 3.63) is 48.0 Å². The number of aromatic nitrogens is 3. The topological polar surface area (TPSA) is 54.5 Å². The van der Waals surface area contributed by atoms with E-state index in [0.717, 1.165) is 5.56 Å². The highest BCUT2D eigenvalue weighted by molar-refractivity contribution is 5.87. The SMILES string of the molecule is Cn1cc(C=C(C#N)c2ccccn2)cn1. The summed E-state index contributed by atoms with van der Waals surface area (Å²) in [7, 11) is 1.84. The van der Waals surface area contributed by atoms with Gasteiger partial charge in [0.2, 0.25) is 0 Å². The fourth-order valence-corrected chi connectivity index (χ4v) is 1.37. The molecule has 0 bridgehead atoms. The summed E-state index contributed by atoms with van der Waals surface area (Å²) < 4.78 is 1.69.